The number of nitrogens with zero attached hydrogens (tertiary/aromatic N) is 1. The van der Waals surface area contributed by atoms with E-state index in [1.54, 1.807) is 0 Å². The molecule has 2 unspecified atom stereocenters. The second kappa shape index (κ2) is 3.21. The van der Waals surface area contributed by atoms with Crippen LogP contribution in [-0.4, -0.2) is 42.8 Å². The van der Waals surface area contributed by atoms with E-state index in [4.69, 9.17) is 4.74 Å². The van der Waals surface area contributed by atoms with Crippen LogP contribution in [0.4, 0.5) is 0 Å². The SMILES string of the molecule is O=C1CNCN1C1CCOC1C1CC1. The van der Waals surface area contributed by atoms with Gasteiger partial charge in [-0.1, -0.05) is 0 Å². The van der Waals surface area contributed by atoms with Gasteiger partial charge in [0.15, 0.2) is 0 Å². The van der Waals surface area contributed by atoms with Crippen LogP contribution in [0.1, 0.15) is 19.3 Å². The lowest BCUT2D eigenvalue weighted by Gasteiger charge is -2.27. The molecule has 1 N–H and O–H groups in total. The highest BCUT2D eigenvalue weighted by atomic mass is 16.5. The Labute approximate surface area is 83.6 Å². The molecule has 4 heteroatoms. The largest absolute Gasteiger partial charge is 0.376 e. The van der Waals surface area contributed by atoms with E-state index in [2.05, 4.69) is 5.32 Å². The lowest BCUT2D eigenvalue weighted by Crippen LogP contribution is -2.43. The van der Waals surface area contributed by atoms with Crippen LogP contribution in [0.5, 0.6) is 0 Å². The van der Waals surface area contributed by atoms with Crippen molar-refractivity contribution < 1.29 is 9.53 Å². The molecule has 2 saturated heterocycles. The lowest BCUT2D eigenvalue weighted by atomic mass is 10.1. The molecule has 1 saturated carbocycles. The van der Waals surface area contributed by atoms with Crippen LogP contribution in [0, 0.1) is 5.92 Å². The number of carbonyl (C=O) groups is 1. The minimum Gasteiger partial charge on any atom is -0.376 e. The maximum atomic E-state index is 11.6. The third-order valence-corrected chi connectivity index (χ3v) is 3.47. The molecule has 2 atom stereocenters. The summed E-state index contributed by atoms with van der Waals surface area (Å²) in [5.41, 5.74) is 0. The van der Waals surface area contributed by atoms with Crippen molar-refractivity contribution in [3.05, 3.63) is 0 Å². The van der Waals surface area contributed by atoms with Gasteiger partial charge >= 0.3 is 0 Å². The third kappa shape index (κ3) is 1.33. The van der Waals surface area contributed by atoms with Gasteiger partial charge in [0, 0.05) is 6.61 Å². The lowest BCUT2D eigenvalue weighted by molar-refractivity contribution is -0.129. The standard InChI is InChI=1S/C10H16N2O2/c13-9-5-11-6-12(9)8-3-4-14-10(8)7-1-2-7/h7-8,10-11H,1-6H2. The molecule has 1 amide bonds. The smallest absolute Gasteiger partial charge is 0.237 e. The van der Waals surface area contributed by atoms with E-state index in [1.807, 2.05) is 4.90 Å². The molecule has 78 valence electrons. The van der Waals surface area contributed by atoms with E-state index in [0.717, 1.165) is 25.6 Å². The number of amides is 1. The summed E-state index contributed by atoms with van der Waals surface area (Å²) in [5, 5.41) is 3.10. The van der Waals surface area contributed by atoms with Gasteiger partial charge in [-0.25, -0.2) is 0 Å². The van der Waals surface area contributed by atoms with Gasteiger partial charge in [0.25, 0.3) is 0 Å². The van der Waals surface area contributed by atoms with Crippen LogP contribution >= 0.6 is 0 Å². The molecular weight excluding hydrogens is 180 g/mol. The summed E-state index contributed by atoms with van der Waals surface area (Å²) in [6, 6.07) is 0.352. The van der Waals surface area contributed by atoms with Crippen molar-refractivity contribution >= 4 is 5.91 Å². The van der Waals surface area contributed by atoms with Crippen molar-refractivity contribution in [2.75, 3.05) is 19.8 Å². The fourth-order valence-corrected chi connectivity index (χ4v) is 2.58. The molecule has 0 aromatic carbocycles. The summed E-state index contributed by atoms with van der Waals surface area (Å²) >= 11 is 0. The fourth-order valence-electron chi connectivity index (χ4n) is 2.58. The summed E-state index contributed by atoms with van der Waals surface area (Å²) < 4.78 is 5.73. The highest BCUT2D eigenvalue weighted by Gasteiger charge is 2.45. The highest BCUT2D eigenvalue weighted by Crippen LogP contribution is 2.40. The average molecular weight is 196 g/mol. The zero-order valence-electron chi connectivity index (χ0n) is 8.24. The summed E-state index contributed by atoms with van der Waals surface area (Å²) in [6.07, 6.45) is 3.93. The van der Waals surface area contributed by atoms with Gasteiger partial charge in [-0.2, -0.15) is 0 Å². The van der Waals surface area contributed by atoms with Gasteiger partial charge in [-0.05, 0) is 25.2 Å². The zero-order valence-corrected chi connectivity index (χ0v) is 8.24. The van der Waals surface area contributed by atoms with Crippen molar-refractivity contribution in [1.29, 1.82) is 0 Å². The summed E-state index contributed by atoms with van der Waals surface area (Å²) in [6.45, 7) is 2.06. The Bertz CT molecular complexity index is 253. The quantitative estimate of drug-likeness (QED) is 0.673. The maximum Gasteiger partial charge on any atom is 0.237 e. The van der Waals surface area contributed by atoms with E-state index in [0.29, 0.717) is 18.7 Å². The normalized spacial score (nSPS) is 38.3. The van der Waals surface area contributed by atoms with Crippen molar-refractivity contribution in [1.82, 2.24) is 10.2 Å². The fraction of sp³-hybridized carbons (Fsp3) is 0.900. The molecule has 0 aromatic rings. The molecule has 0 aromatic heterocycles. The van der Waals surface area contributed by atoms with Gasteiger partial charge in [0.05, 0.1) is 25.4 Å². The predicted molar refractivity (Wildman–Crippen MR) is 50.6 cm³/mol. The Kier molecular flexibility index (Phi) is 1.99. The zero-order chi connectivity index (χ0) is 9.54. The molecule has 3 rings (SSSR count). The van der Waals surface area contributed by atoms with E-state index in [1.165, 1.54) is 12.8 Å². The van der Waals surface area contributed by atoms with E-state index in [9.17, 15) is 4.79 Å². The highest BCUT2D eigenvalue weighted by molar-refractivity contribution is 5.80. The van der Waals surface area contributed by atoms with E-state index >= 15 is 0 Å². The van der Waals surface area contributed by atoms with Crippen LogP contribution in [-0.2, 0) is 9.53 Å². The molecule has 0 radical (unpaired) electrons. The summed E-state index contributed by atoms with van der Waals surface area (Å²) in [5.74, 6) is 0.974. The Balaban J connectivity index is 1.72. The molecule has 3 aliphatic rings. The van der Waals surface area contributed by atoms with Crippen molar-refractivity contribution in [3.63, 3.8) is 0 Å². The maximum absolute atomic E-state index is 11.6. The van der Waals surface area contributed by atoms with Crippen LogP contribution in [0.25, 0.3) is 0 Å². The number of nitrogens with one attached hydrogen (secondary N) is 1. The molecule has 14 heavy (non-hydrogen) atoms. The molecule has 1 aliphatic carbocycles. The molecule has 4 nitrogen and oxygen atoms in total. The summed E-state index contributed by atoms with van der Waals surface area (Å²) in [4.78, 5) is 13.5. The number of ether oxygens (including phenoxy) is 1. The minimum atomic E-state index is 0.242. The number of hydrogen-bond acceptors (Lipinski definition) is 3. The van der Waals surface area contributed by atoms with Gasteiger partial charge < -0.3 is 9.64 Å². The van der Waals surface area contributed by atoms with Gasteiger partial charge in [-0.3, -0.25) is 10.1 Å². The van der Waals surface area contributed by atoms with Crippen LogP contribution < -0.4 is 5.32 Å². The van der Waals surface area contributed by atoms with Crippen molar-refractivity contribution in [2.24, 2.45) is 5.92 Å². The number of hydrogen-bond donors (Lipinski definition) is 1. The first-order chi connectivity index (χ1) is 6.86. The topological polar surface area (TPSA) is 41.6 Å². The molecule has 2 aliphatic heterocycles. The third-order valence-electron chi connectivity index (χ3n) is 3.47. The molecule has 0 spiro atoms. The average Bonchev–Trinajstić information content (AvgIpc) is 2.75. The first-order valence-electron chi connectivity index (χ1n) is 5.48. The number of carbonyl (C=O) groups excluding carboxylic acids is 1. The number of rotatable bonds is 2. The van der Waals surface area contributed by atoms with Crippen LogP contribution in [0.3, 0.4) is 0 Å². The van der Waals surface area contributed by atoms with Crippen molar-refractivity contribution in [2.45, 2.75) is 31.4 Å². The first-order valence-corrected chi connectivity index (χ1v) is 5.48. The Morgan fingerprint density at radius 3 is 2.86 bits per heavy atom. The monoisotopic (exact) mass is 196 g/mol. The van der Waals surface area contributed by atoms with Crippen molar-refractivity contribution in [3.8, 4) is 0 Å². The first kappa shape index (κ1) is 8.68. The predicted octanol–water partition coefficient (Wildman–Crippen LogP) is -0.0568. The Morgan fingerprint density at radius 2 is 2.21 bits per heavy atom. The second-order valence-electron chi connectivity index (χ2n) is 4.48. The second-order valence-corrected chi connectivity index (χ2v) is 4.48. The van der Waals surface area contributed by atoms with Gasteiger partial charge in [-0.15, -0.1) is 0 Å². The van der Waals surface area contributed by atoms with Gasteiger partial charge in [0.2, 0.25) is 5.91 Å². The molecular formula is C10H16N2O2. The Morgan fingerprint density at radius 1 is 1.36 bits per heavy atom. The van der Waals surface area contributed by atoms with Gasteiger partial charge in [0.1, 0.15) is 0 Å². The van der Waals surface area contributed by atoms with E-state index < -0.39 is 0 Å². The summed E-state index contributed by atoms with van der Waals surface area (Å²) in [7, 11) is 0. The molecule has 0 bridgehead atoms. The Hall–Kier alpha value is -0.610. The van der Waals surface area contributed by atoms with Crippen LogP contribution in [0.15, 0.2) is 0 Å². The molecule has 2 heterocycles. The molecule has 3 fully saturated rings. The van der Waals surface area contributed by atoms with E-state index in [-0.39, 0.29) is 5.91 Å². The van der Waals surface area contributed by atoms with Crippen LogP contribution in [0.2, 0.25) is 0 Å². The minimum absolute atomic E-state index is 0.242.